The summed E-state index contributed by atoms with van der Waals surface area (Å²) in [7, 11) is 1.78. The Morgan fingerprint density at radius 3 is 2.64 bits per heavy atom. The Morgan fingerprint density at radius 2 is 1.88 bits per heavy atom. The minimum atomic E-state index is -0.0103. The molecule has 4 rings (SSSR count). The maximum Gasteiger partial charge on any atom is 0.250 e. The molecule has 4 nitrogen and oxygen atoms in total. The van der Waals surface area contributed by atoms with Crippen molar-refractivity contribution in [1.82, 2.24) is 14.3 Å². The molecule has 0 amide bonds. The molecule has 0 saturated carbocycles. The van der Waals surface area contributed by atoms with E-state index in [1.807, 2.05) is 59.0 Å². The molecule has 0 unspecified atom stereocenters. The zero-order valence-electron chi connectivity index (χ0n) is 13.8. The lowest BCUT2D eigenvalue weighted by atomic mass is 10.0. The SMILES string of the molecule is Cn1cc(-c2cnn(Cc3ccccc3)c2)c(-c2cccs2)cc1=O. The summed E-state index contributed by atoms with van der Waals surface area (Å²) >= 11 is 1.63. The van der Waals surface area contributed by atoms with E-state index < -0.39 is 0 Å². The van der Waals surface area contributed by atoms with Crippen LogP contribution in [0.4, 0.5) is 0 Å². The zero-order chi connectivity index (χ0) is 17.2. The van der Waals surface area contributed by atoms with E-state index >= 15 is 0 Å². The van der Waals surface area contributed by atoms with Crippen LogP contribution in [-0.2, 0) is 13.6 Å². The lowest BCUT2D eigenvalue weighted by Crippen LogP contribution is -2.15. The van der Waals surface area contributed by atoms with E-state index in [9.17, 15) is 4.79 Å². The van der Waals surface area contributed by atoms with Gasteiger partial charge in [0.2, 0.25) is 0 Å². The second kappa shape index (κ2) is 6.53. The standard InChI is InChI=1S/C20H17N3OS/c1-22-14-18(17(10-20(22)24)19-8-5-9-25-19)16-11-21-23(13-16)12-15-6-3-2-4-7-15/h2-11,13-14H,12H2,1H3. The van der Waals surface area contributed by atoms with Gasteiger partial charge in [-0.05, 0) is 17.0 Å². The number of thiophene rings is 1. The second-order valence-corrected chi connectivity index (χ2v) is 6.89. The predicted octanol–water partition coefficient (Wildman–Crippen LogP) is 4.03. The summed E-state index contributed by atoms with van der Waals surface area (Å²) < 4.78 is 3.54. The molecule has 3 heterocycles. The number of hydrogen-bond donors (Lipinski definition) is 0. The molecule has 4 aromatic rings. The quantitative estimate of drug-likeness (QED) is 0.559. The van der Waals surface area contributed by atoms with E-state index in [0.717, 1.165) is 28.1 Å². The Bertz CT molecular complexity index is 1050. The molecule has 124 valence electrons. The van der Waals surface area contributed by atoms with Crippen LogP contribution in [0, 0.1) is 0 Å². The monoisotopic (exact) mass is 347 g/mol. The van der Waals surface area contributed by atoms with Crippen LogP contribution in [0.1, 0.15) is 5.56 Å². The van der Waals surface area contributed by atoms with Crippen molar-refractivity contribution in [2.24, 2.45) is 7.05 Å². The van der Waals surface area contributed by atoms with Crippen LogP contribution in [0.5, 0.6) is 0 Å². The Balaban J connectivity index is 1.75. The Morgan fingerprint density at radius 1 is 1.04 bits per heavy atom. The van der Waals surface area contributed by atoms with Crippen LogP contribution >= 0.6 is 11.3 Å². The van der Waals surface area contributed by atoms with Crippen molar-refractivity contribution in [3.8, 4) is 21.6 Å². The molecule has 0 aliphatic rings. The van der Waals surface area contributed by atoms with E-state index in [1.54, 1.807) is 29.0 Å². The summed E-state index contributed by atoms with van der Waals surface area (Å²) in [5.41, 5.74) is 4.18. The lowest BCUT2D eigenvalue weighted by molar-refractivity contribution is 0.687. The van der Waals surface area contributed by atoms with Crippen LogP contribution in [0.15, 0.2) is 77.3 Å². The third-order valence-electron chi connectivity index (χ3n) is 4.15. The highest BCUT2D eigenvalue weighted by molar-refractivity contribution is 7.13. The van der Waals surface area contributed by atoms with Gasteiger partial charge in [0, 0.05) is 47.1 Å². The summed E-state index contributed by atoms with van der Waals surface area (Å²) in [5, 5.41) is 6.52. The third-order valence-corrected chi connectivity index (χ3v) is 5.05. The van der Waals surface area contributed by atoms with Crippen LogP contribution < -0.4 is 5.56 Å². The van der Waals surface area contributed by atoms with Gasteiger partial charge in [-0.15, -0.1) is 11.3 Å². The summed E-state index contributed by atoms with van der Waals surface area (Å²) in [5.74, 6) is 0. The van der Waals surface area contributed by atoms with Gasteiger partial charge in [-0.2, -0.15) is 5.10 Å². The maximum atomic E-state index is 12.1. The lowest BCUT2D eigenvalue weighted by Gasteiger charge is -2.08. The molecule has 25 heavy (non-hydrogen) atoms. The normalized spacial score (nSPS) is 10.9. The van der Waals surface area contributed by atoms with Crippen molar-refractivity contribution in [3.63, 3.8) is 0 Å². The van der Waals surface area contributed by atoms with Crippen LogP contribution in [0.25, 0.3) is 21.6 Å². The van der Waals surface area contributed by atoms with E-state index in [4.69, 9.17) is 0 Å². The summed E-state index contributed by atoms with van der Waals surface area (Å²) in [6, 6.07) is 16.0. The first-order chi connectivity index (χ1) is 12.2. The number of aromatic nitrogens is 3. The molecule has 0 aliphatic heterocycles. The van der Waals surface area contributed by atoms with Gasteiger partial charge >= 0.3 is 0 Å². The van der Waals surface area contributed by atoms with E-state index in [0.29, 0.717) is 0 Å². The Kier molecular flexibility index (Phi) is 4.07. The van der Waals surface area contributed by atoms with Gasteiger partial charge in [-0.1, -0.05) is 36.4 Å². The van der Waals surface area contributed by atoms with Crippen molar-refractivity contribution in [2.45, 2.75) is 6.54 Å². The van der Waals surface area contributed by atoms with Crippen molar-refractivity contribution in [3.05, 3.63) is 88.4 Å². The van der Waals surface area contributed by atoms with Gasteiger partial charge in [0.15, 0.2) is 0 Å². The molecule has 0 saturated heterocycles. The second-order valence-electron chi connectivity index (χ2n) is 5.94. The fourth-order valence-corrected chi connectivity index (χ4v) is 3.61. The Labute approximate surface area is 149 Å². The predicted molar refractivity (Wildman–Crippen MR) is 102 cm³/mol. The highest BCUT2D eigenvalue weighted by atomic mass is 32.1. The number of aryl methyl sites for hydroxylation is 1. The van der Waals surface area contributed by atoms with E-state index in [2.05, 4.69) is 17.2 Å². The molecule has 0 N–H and O–H groups in total. The average Bonchev–Trinajstić information content (AvgIpc) is 3.30. The van der Waals surface area contributed by atoms with Gasteiger partial charge in [-0.25, -0.2) is 0 Å². The van der Waals surface area contributed by atoms with Crippen molar-refractivity contribution in [2.75, 3.05) is 0 Å². The third kappa shape index (κ3) is 3.19. The summed E-state index contributed by atoms with van der Waals surface area (Å²) in [6.07, 6.45) is 5.78. The number of rotatable bonds is 4. The maximum absolute atomic E-state index is 12.1. The van der Waals surface area contributed by atoms with Crippen LogP contribution in [-0.4, -0.2) is 14.3 Å². The molecule has 0 radical (unpaired) electrons. The van der Waals surface area contributed by atoms with E-state index in [1.165, 1.54) is 5.56 Å². The van der Waals surface area contributed by atoms with Gasteiger partial charge in [0.25, 0.3) is 5.56 Å². The summed E-state index contributed by atoms with van der Waals surface area (Å²) in [6.45, 7) is 0.723. The number of benzene rings is 1. The van der Waals surface area contributed by atoms with Gasteiger partial charge < -0.3 is 4.57 Å². The Hall–Kier alpha value is -2.92. The summed E-state index contributed by atoms with van der Waals surface area (Å²) in [4.78, 5) is 13.2. The van der Waals surface area contributed by atoms with Gasteiger partial charge in [0.1, 0.15) is 0 Å². The van der Waals surface area contributed by atoms with Crippen LogP contribution in [0.3, 0.4) is 0 Å². The molecular weight excluding hydrogens is 330 g/mol. The highest BCUT2D eigenvalue weighted by Gasteiger charge is 2.12. The highest BCUT2D eigenvalue weighted by Crippen LogP contribution is 2.33. The molecule has 0 aliphatic carbocycles. The van der Waals surface area contributed by atoms with Gasteiger partial charge in [-0.3, -0.25) is 9.48 Å². The molecule has 0 spiro atoms. The van der Waals surface area contributed by atoms with Crippen molar-refractivity contribution >= 4 is 11.3 Å². The van der Waals surface area contributed by atoms with Crippen molar-refractivity contribution < 1.29 is 0 Å². The topological polar surface area (TPSA) is 39.8 Å². The first-order valence-corrected chi connectivity index (χ1v) is 8.90. The fraction of sp³-hybridized carbons (Fsp3) is 0.100. The number of hydrogen-bond acceptors (Lipinski definition) is 3. The van der Waals surface area contributed by atoms with Crippen LogP contribution in [0.2, 0.25) is 0 Å². The average molecular weight is 347 g/mol. The molecule has 3 aromatic heterocycles. The molecule has 0 atom stereocenters. The largest absolute Gasteiger partial charge is 0.318 e. The molecular formula is C20H17N3OS. The molecule has 1 aromatic carbocycles. The smallest absolute Gasteiger partial charge is 0.250 e. The molecule has 5 heteroatoms. The number of nitrogens with zero attached hydrogens (tertiary/aromatic N) is 3. The first kappa shape index (κ1) is 15.6. The molecule has 0 fully saturated rings. The minimum absolute atomic E-state index is 0.0103. The minimum Gasteiger partial charge on any atom is -0.318 e. The van der Waals surface area contributed by atoms with E-state index in [-0.39, 0.29) is 5.56 Å². The fourth-order valence-electron chi connectivity index (χ4n) is 2.86. The molecule has 0 bridgehead atoms. The van der Waals surface area contributed by atoms with Gasteiger partial charge in [0.05, 0.1) is 12.7 Å². The van der Waals surface area contributed by atoms with Crippen molar-refractivity contribution in [1.29, 1.82) is 0 Å². The zero-order valence-corrected chi connectivity index (χ0v) is 14.6. The number of pyridine rings is 1. The first-order valence-electron chi connectivity index (χ1n) is 8.02.